The van der Waals surface area contributed by atoms with Crippen LogP contribution in [0.25, 0.3) is 0 Å². The molecule has 3 rings (SSSR count). The van der Waals surface area contributed by atoms with Crippen molar-refractivity contribution < 1.29 is 19.1 Å². The van der Waals surface area contributed by atoms with Crippen molar-refractivity contribution >= 4 is 0 Å². The summed E-state index contributed by atoms with van der Waals surface area (Å²) in [5, 5.41) is 0. The molecule has 2 saturated heterocycles. The minimum Gasteiger partial charge on any atom is -0.380 e. The standard InChI is InChI=1S/C17H29NO3/c1-10(2)14-9-12-16(20-5)11-7-6-8-13(19-4)15(11)18(3)17(12)21-14/h11-17H,1,6-9H2,2-5H3/p+1/t11?,12?,13?,14-,15?,16?,17?/m0/s1. The minimum absolute atomic E-state index is 0.189. The number of likely N-dealkylation sites (N-methyl/N-ethyl adjacent to an activating group) is 1. The van der Waals surface area contributed by atoms with Gasteiger partial charge in [0.25, 0.3) is 0 Å². The fourth-order valence-corrected chi connectivity index (χ4v) is 5.08. The van der Waals surface area contributed by atoms with Crippen molar-refractivity contribution in [2.24, 2.45) is 11.8 Å². The van der Waals surface area contributed by atoms with Gasteiger partial charge < -0.3 is 19.1 Å². The number of methoxy groups -OCH3 is 2. The van der Waals surface area contributed by atoms with E-state index in [0.29, 0.717) is 30.1 Å². The summed E-state index contributed by atoms with van der Waals surface area (Å²) in [4.78, 5) is 1.48. The van der Waals surface area contributed by atoms with Crippen LogP contribution < -0.4 is 4.90 Å². The van der Waals surface area contributed by atoms with Gasteiger partial charge in [0.2, 0.25) is 0 Å². The molecule has 2 heterocycles. The summed E-state index contributed by atoms with van der Waals surface area (Å²) >= 11 is 0. The summed E-state index contributed by atoms with van der Waals surface area (Å²) < 4.78 is 18.1. The van der Waals surface area contributed by atoms with Crippen molar-refractivity contribution in [3.05, 3.63) is 12.2 Å². The van der Waals surface area contributed by atoms with Crippen molar-refractivity contribution in [2.75, 3.05) is 21.3 Å². The first kappa shape index (κ1) is 15.5. The second-order valence-corrected chi connectivity index (χ2v) is 7.13. The topological polar surface area (TPSA) is 32.1 Å². The number of piperidine rings is 1. The fourth-order valence-electron chi connectivity index (χ4n) is 5.08. The number of ether oxygens (including phenoxy) is 3. The van der Waals surface area contributed by atoms with E-state index in [0.717, 1.165) is 18.4 Å². The lowest BCUT2D eigenvalue weighted by molar-refractivity contribution is -0.971. The Morgan fingerprint density at radius 3 is 2.57 bits per heavy atom. The first-order chi connectivity index (χ1) is 10.1. The molecule has 1 N–H and O–H groups in total. The maximum absolute atomic E-state index is 6.34. The average molecular weight is 296 g/mol. The van der Waals surface area contributed by atoms with Gasteiger partial charge in [-0.1, -0.05) is 18.6 Å². The van der Waals surface area contributed by atoms with Crippen LogP contribution in [0.5, 0.6) is 0 Å². The average Bonchev–Trinajstić information content (AvgIpc) is 2.92. The maximum atomic E-state index is 6.34. The molecule has 0 aromatic heterocycles. The van der Waals surface area contributed by atoms with Gasteiger partial charge in [0, 0.05) is 20.1 Å². The number of hydrogen-bond acceptors (Lipinski definition) is 3. The Balaban J connectivity index is 1.89. The summed E-state index contributed by atoms with van der Waals surface area (Å²) in [5.74, 6) is 1.07. The highest BCUT2D eigenvalue weighted by molar-refractivity contribution is 5.05. The van der Waals surface area contributed by atoms with E-state index in [1.165, 1.54) is 17.7 Å². The maximum Gasteiger partial charge on any atom is 0.197 e. The van der Waals surface area contributed by atoms with Crippen LogP contribution in [0.1, 0.15) is 32.6 Å². The molecule has 3 fully saturated rings. The van der Waals surface area contributed by atoms with E-state index in [2.05, 4.69) is 20.6 Å². The summed E-state index contributed by atoms with van der Waals surface area (Å²) in [6.07, 6.45) is 5.74. The molecule has 21 heavy (non-hydrogen) atoms. The summed E-state index contributed by atoms with van der Waals surface area (Å²) in [6.45, 7) is 6.17. The Hall–Kier alpha value is -0.420. The normalized spacial score (nSPS) is 49.5. The molecule has 2 aliphatic heterocycles. The molecule has 7 unspecified atom stereocenters. The molecule has 1 saturated carbocycles. The Kier molecular flexibility index (Phi) is 4.42. The Bertz CT molecular complexity index is 399. The Morgan fingerprint density at radius 1 is 1.19 bits per heavy atom. The largest absolute Gasteiger partial charge is 0.380 e. The first-order valence-electron chi connectivity index (χ1n) is 8.28. The zero-order valence-electron chi connectivity index (χ0n) is 13.8. The molecule has 0 spiro atoms. The molecule has 8 atom stereocenters. The van der Waals surface area contributed by atoms with Gasteiger partial charge in [0.15, 0.2) is 6.23 Å². The number of likely N-dealkylation sites (tertiary alicyclic amines) is 1. The molecular weight excluding hydrogens is 266 g/mol. The third kappa shape index (κ3) is 2.46. The smallest absolute Gasteiger partial charge is 0.197 e. The van der Waals surface area contributed by atoms with Gasteiger partial charge in [-0.05, 0) is 26.2 Å². The molecule has 4 heteroatoms. The zero-order chi connectivity index (χ0) is 15.1. The van der Waals surface area contributed by atoms with E-state index >= 15 is 0 Å². The second-order valence-electron chi connectivity index (χ2n) is 7.13. The number of quaternary nitrogens is 1. The lowest BCUT2D eigenvalue weighted by Crippen LogP contribution is -3.21. The number of fused-ring (bicyclic) bond motifs is 2. The van der Waals surface area contributed by atoms with Crippen LogP contribution >= 0.6 is 0 Å². The van der Waals surface area contributed by atoms with Gasteiger partial charge in [0.05, 0.1) is 25.2 Å². The fraction of sp³-hybridized carbons (Fsp3) is 0.882. The number of rotatable bonds is 3. The monoisotopic (exact) mass is 296 g/mol. The van der Waals surface area contributed by atoms with Gasteiger partial charge >= 0.3 is 0 Å². The van der Waals surface area contributed by atoms with E-state index in [1.54, 1.807) is 0 Å². The third-order valence-corrected chi connectivity index (χ3v) is 6.02. The predicted octanol–water partition coefficient (Wildman–Crippen LogP) is 1.02. The van der Waals surface area contributed by atoms with Crippen molar-refractivity contribution in [3.63, 3.8) is 0 Å². The van der Waals surface area contributed by atoms with Gasteiger partial charge in [-0.2, -0.15) is 0 Å². The van der Waals surface area contributed by atoms with Crippen LogP contribution in [-0.2, 0) is 14.2 Å². The van der Waals surface area contributed by atoms with Gasteiger partial charge in [0.1, 0.15) is 12.1 Å². The van der Waals surface area contributed by atoms with Crippen molar-refractivity contribution in [1.82, 2.24) is 0 Å². The first-order valence-corrected chi connectivity index (χ1v) is 8.28. The summed E-state index contributed by atoms with van der Waals surface area (Å²) in [5.41, 5.74) is 1.14. The van der Waals surface area contributed by atoms with E-state index in [1.807, 2.05) is 14.2 Å². The van der Waals surface area contributed by atoms with Crippen LogP contribution in [0.4, 0.5) is 0 Å². The Labute approximate surface area is 128 Å². The predicted molar refractivity (Wildman–Crippen MR) is 81.2 cm³/mol. The second kappa shape index (κ2) is 5.99. The van der Waals surface area contributed by atoms with Crippen molar-refractivity contribution in [2.45, 2.75) is 63.2 Å². The third-order valence-electron chi connectivity index (χ3n) is 6.02. The van der Waals surface area contributed by atoms with E-state index in [-0.39, 0.29) is 12.3 Å². The molecule has 0 radical (unpaired) electrons. The lowest BCUT2D eigenvalue weighted by Gasteiger charge is -2.50. The molecule has 3 aliphatic rings. The summed E-state index contributed by atoms with van der Waals surface area (Å²) in [6, 6.07) is 0.485. The molecule has 0 aromatic carbocycles. The van der Waals surface area contributed by atoms with Crippen molar-refractivity contribution in [1.29, 1.82) is 0 Å². The molecule has 0 aromatic rings. The molecule has 4 nitrogen and oxygen atoms in total. The molecule has 0 bridgehead atoms. The van der Waals surface area contributed by atoms with Gasteiger partial charge in [-0.3, -0.25) is 0 Å². The van der Waals surface area contributed by atoms with Crippen molar-refractivity contribution in [3.8, 4) is 0 Å². The van der Waals surface area contributed by atoms with Gasteiger partial charge in [-0.15, -0.1) is 0 Å². The highest BCUT2D eigenvalue weighted by atomic mass is 16.5. The number of hydrogen-bond donors (Lipinski definition) is 1. The number of nitrogens with one attached hydrogen (secondary N) is 1. The molecule has 0 amide bonds. The van der Waals surface area contributed by atoms with Crippen LogP contribution in [0.15, 0.2) is 12.2 Å². The molecular formula is C17H30NO3+. The van der Waals surface area contributed by atoms with Crippen LogP contribution in [-0.4, -0.2) is 51.8 Å². The van der Waals surface area contributed by atoms with Crippen LogP contribution in [0, 0.1) is 11.8 Å². The minimum atomic E-state index is 0.189. The summed E-state index contributed by atoms with van der Waals surface area (Å²) in [7, 11) is 5.99. The SMILES string of the molecule is C=C(C)[C@@H]1CC2C(OC)C3CCCC(OC)C3[NH+](C)C2O1. The van der Waals surface area contributed by atoms with E-state index in [4.69, 9.17) is 14.2 Å². The quantitative estimate of drug-likeness (QED) is 0.789. The van der Waals surface area contributed by atoms with E-state index in [9.17, 15) is 0 Å². The van der Waals surface area contributed by atoms with Gasteiger partial charge in [-0.25, -0.2) is 0 Å². The van der Waals surface area contributed by atoms with E-state index < -0.39 is 0 Å². The highest BCUT2D eigenvalue weighted by Gasteiger charge is 2.58. The lowest BCUT2D eigenvalue weighted by atomic mass is 9.70. The molecule has 120 valence electrons. The van der Waals surface area contributed by atoms with Crippen LogP contribution in [0.2, 0.25) is 0 Å². The molecule has 1 aliphatic carbocycles. The Morgan fingerprint density at radius 2 is 1.95 bits per heavy atom. The zero-order valence-corrected chi connectivity index (χ0v) is 13.8. The highest BCUT2D eigenvalue weighted by Crippen LogP contribution is 2.41. The van der Waals surface area contributed by atoms with Crippen LogP contribution in [0.3, 0.4) is 0 Å².